The van der Waals surface area contributed by atoms with E-state index in [4.69, 9.17) is 0 Å². The van der Waals surface area contributed by atoms with E-state index in [-0.39, 0.29) is 17.7 Å². The number of nitrogens with one attached hydrogen (secondary N) is 1. The van der Waals surface area contributed by atoms with E-state index in [9.17, 15) is 9.90 Å². The average Bonchev–Trinajstić information content (AvgIpc) is 2.69. The fraction of sp³-hybridized carbons (Fsp3) is 0.400. The lowest BCUT2D eigenvalue weighted by Crippen LogP contribution is -2.29. The van der Waals surface area contributed by atoms with E-state index in [1.165, 1.54) is 11.1 Å². The SMILES string of the molecule is CC1Nc2cc(C(C)CCCc3ccccc3)c(O)cc2C2=C1CCCC2=O. The quantitative estimate of drug-likeness (QED) is 0.646. The van der Waals surface area contributed by atoms with E-state index in [0.717, 1.165) is 54.5 Å². The van der Waals surface area contributed by atoms with E-state index in [0.29, 0.717) is 12.2 Å². The Balaban J connectivity index is 1.55. The van der Waals surface area contributed by atoms with Crippen LogP contribution < -0.4 is 5.32 Å². The molecule has 2 aliphatic rings. The lowest BCUT2D eigenvalue weighted by Gasteiger charge is -2.33. The van der Waals surface area contributed by atoms with Crippen LogP contribution in [0.1, 0.15) is 68.6 Å². The van der Waals surface area contributed by atoms with Crippen LogP contribution in [0, 0.1) is 0 Å². The van der Waals surface area contributed by atoms with Crippen molar-refractivity contribution in [3.8, 4) is 5.75 Å². The fourth-order valence-corrected chi connectivity index (χ4v) is 4.68. The van der Waals surface area contributed by atoms with Gasteiger partial charge in [-0.1, -0.05) is 37.3 Å². The summed E-state index contributed by atoms with van der Waals surface area (Å²) in [6.07, 6.45) is 5.66. The zero-order valence-corrected chi connectivity index (χ0v) is 16.8. The number of fused-ring (bicyclic) bond motifs is 2. The molecule has 2 atom stereocenters. The largest absolute Gasteiger partial charge is 0.508 e. The van der Waals surface area contributed by atoms with Crippen LogP contribution in [0.5, 0.6) is 5.75 Å². The standard InChI is InChI=1S/C25H29NO2/c1-16(8-6-11-18-9-4-3-5-10-18)20-14-22-21(15-24(20)28)25-19(17(2)26-22)12-7-13-23(25)27/h3-5,9-10,14-17,26,28H,6-8,11-13H2,1-2H3. The van der Waals surface area contributed by atoms with Crippen molar-refractivity contribution in [2.45, 2.75) is 64.3 Å². The molecule has 0 spiro atoms. The lowest BCUT2D eigenvalue weighted by molar-refractivity contribution is -0.114. The van der Waals surface area contributed by atoms with Crippen molar-refractivity contribution in [3.05, 3.63) is 64.7 Å². The van der Waals surface area contributed by atoms with Gasteiger partial charge in [0.25, 0.3) is 0 Å². The van der Waals surface area contributed by atoms with Crippen LogP contribution in [-0.4, -0.2) is 16.9 Å². The lowest BCUT2D eigenvalue weighted by atomic mass is 9.79. The van der Waals surface area contributed by atoms with Gasteiger partial charge in [0.05, 0.1) is 0 Å². The number of anilines is 1. The van der Waals surface area contributed by atoms with Gasteiger partial charge in [0, 0.05) is 29.3 Å². The molecule has 0 fully saturated rings. The Hall–Kier alpha value is -2.55. The molecule has 2 aromatic carbocycles. The first-order chi connectivity index (χ1) is 13.5. The van der Waals surface area contributed by atoms with Crippen molar-refractivity contribution in [2.24, 2.45) is 0 Å². The van der Waals surface area contributed by atoms with Gasteiger partial charge in [0.2, 0.25) is 0 Å². The summed E-state index contributed by atoms with van der Waals surface area (Å²) >= 11 is 0. The molecule has 0 radical (unpaired) electrons. The third-order valence-corrected chi connectivity index (χ3v) is 6.26. The smallest absolute Gasteiger partial charge is 0.163 e. The molecular formula is C25H29NO2. The molecule has 2 unspecified atom stereocenters. The van der Waals surface area contributed by atoms with Crippen LogP contribution in [0.3, 0.4) is 0 Å². The highest BCUT2D eigenvalue weighted by atomic mass is 16.3. The zero-order valence-electron chi connectivity index (χ0n) is 16.8. The van der Waals surface area contributed by atoms with Crippen molar-refractivity contribution < 1.29 is 9.90 Å². The summed E-state index contributed by atoms with van der Waals surface area (Å²) in [4.78, 5) is 12.6. The molecule has 1 aliphatic heterocycles. The minimum atomic E-state index is 0.178. The highest BCUT2D eigenvalue weighted by Gasteiger charge is 2.31. The van der Waals surface area contributed by atoms with Crippen molar-refractivity contribution >= 4 is 17.0 Å². The van der Waals surface area contributed by atoms with Gasteiger partial charge in [-0.3, -0.25) is 4.79 Å². The predicted octanol–water partition coefficient (Wildman–Crippen LogP) is 5.84. The van der Waals surface area contributed by atoms with Gasteiger partial charge in [-0.15, -0.1) is 0 Å². The monoisotopic (exact) mass is 375 g/mol. The van der Waals surface area contributed by atoms with Gasteiger partial charge in [0.1, 0.15) is 5.75 Å². The number of aromatic hydroxyl groups is 1. The Morgan fingerprint density at radius 2 is 1.96 bits per heavy atom. The number of hydrogen-bond donors (Lipinski definition) is 2. The molecule has 3 nitrogen and oxygen atoms in total. The van der Waals surface area contributed by atoms with Crippen molar-refractivity contribution in [2.75, 3.05) is 5.32 Å². The number of carbonyl (C=O) groups excluding carboxylic acids is 1. The minimum absolute atomic E-state index is 0.178. The first kappa shape index (κ1) is 18.8. The molecule has 1 heterocycles. The molecule has 0 saturated carbocycles. The molecule has 0 amide bonds. The Morgan fingerprint density at radius 3 is 2.75 bits per heavy atom. The molecule has 2 aromatic rings. The minimum Gasteiger partial charge on any atom is -0.508 e. The molecule has 2 N–H and O–H groups in total. The number of rotatable bonds is 5. The number of aryl methyl sites for hydroxylation is 1. The van der Waals surface area contributed by atoms with Gasteiger partial charge in [0.15, 0.2) is 5.78 Å². The van der Waals surface area contributed by atoms with Crippen LogP contribution in [0.25, 0.3) is 5.57 Å². The van der Waals surface area contributed by atoms with Crippen LogP contribution in [0.2, 0.25) is 0 Å². The number of carbonyl (C=O) groups is 1. The second kappa shape index (κ2) is 7.83. The van der Waals surface area contributed by atoms with Gasteiger partial charge in [-0.2, -0.15) is 0 Å². The van der Waals surface area contributed by atoms with E-state index in [2.05, 4.69) is 49.5 Å². The Morgan fingerprint density at radius 1 is 1.18 bits per heavy atom. The summed E-state index contributed by atoms with van der Waals surface area (Å²) < 4.78 is 0. The molecular weight excluding hydrogens is 346 g/mol. The zero-order chi connectivity index (χ0) is 19.7. The predicted molar refractivity (Wildman–Crippen MR) is 115 cm³/mol. The maximum atomic E-state index is 12.6. The first-order valence-electron chi connectivity index (χ1n) is 10.5. The second-order valence-corrected chi connectivity index (χ2v) is 8.28. The normalized spacial score (nSPS) is 19.6. The number of Topliss-reactive ketones (excluding diaryl/α,β-unsaturated/α-hetero) is 1. The summed E-state index contributed by atoms with van der Waals surface area (Å²) in [7, 11) is 0. The van der Waals surface area contributed by atoms with E-state index >= 15 is 0 Å². The third kappa shape index (κ3) is 3.58. The topological polar surface area (TPSA) is 49.3 Å². The molecule has 28 heavy (non-hydrogen) atoms. The van der Waals surface area contributed by atoms with Crippen LogP contribution in [-0.2, 0) is 11.2 Å². The summed E-state index contributed by atoms with van der Waals surface area (Å²) in [5, 5.41) is 14.3. The maximum absolute atomic E-state index is 12.6. The molecule has 1 aliphatic carbocycles. The maximum Gasteiger partial charge on any atom is 0.163 e. The highest BCUT2D eigenvalue weighted by Crippen LogP contribution is 2.44. The van der Waals surface area contributed by atoms with Gasteiger partial charge >= 0.3 is 0 Å². The van der Waals surface area contributed by atoms with E-state index in [1.54, 1.807) is 0 Å². The molecule has 146 valence electrons. The number of hydrogen-bond acceptors (Lipinski definition) is 3. The molecule has 0 bridgehead atoms. The van der Waals surface area contributed by atoms with Gasteiger partial charge < -0.3 is 10.4 Å². The van der Waals surface area contributed by atoms with Crippen LogP contribution in [0.4, 0.5) is 5.69 Å². The number of phenolic OH excluding ortho intramolecular Hbond substituents is 1. The number of benzene rings is 2. The Labute approximate surface area is 167 Å². The summed E-state index contributed by atoms with van der Waals surface area (Å²) in [6.45, 7) is 4.31. The van der Waals surface area contributed by atoms with E-state index in [1.807, 2.05) is 12.1 Å². The van der Waals surface area contributed by atoms with Gasteiger partial charge in [-0.05, 0) is 73.8 Å². The summed E-state index contributed by atoms with van der Waals surface area (Å²) in [5.74, 6) is 0.801. The molecule has 0 saturated heterocycles. The highest BCUT2D eigenvalue weighted by molar-refractivity contribution is 6.24. The first-order valence-corrected chi connectivity index (χ1v) is 10.5. The van der Waals surface area contributed by atoms with E-state index < -0.39 is 0 Å². The molecule has 3 heteroatoms. The summed E-state index contributed by atoms with van der Waals surface area (Å²) in [5.41, 5.74) is 6.26. The van der Waals surface area contributed by atoms with Crippen molar-refractivity contribution in [1.82, 2.24) is 0 Å². The average molecular weight is 376 g/mol. The summed E-state index contributed by atoms with van der Waals surface area (Å²) in [6, 6.07) is 14.6. The molecule has 4 rings (SSSR count). The van der Waals surface area contributed by atoms with Crippen LogP contribution in [0.15, 0.2) is 48.0 Å². The third-order valence-electron chi connectivity index (χ3n) is 6.26. The van der Waals surface area contributed by atoms with Gasteiger partial charge in [-0.25, -0.2) is 0 Å². The second-order valence-electron chi connectivity index (χ2n) is 8.28. The fourth-order valence-electron chi connectivity index (χ4n) is 4.68. The molecule has 0 aromatic heterocycles. The Bertz CT molecular complexity index is 914. The number of allylic oxidation sites excluding steroid dienone is 1. The number of ketones is 1. The Kier molecular flexibility index (Phi) is 5.25. The number of phenols is 1. The van der Waals surface area contributed by atoms with Crippen LogP contribution >= 0.6 is 0 Å². The van der Waals surface area contributed by atoms with Crippen molar-refractivity contribution in [1.29, 1.82) is 0 Å². The van der Waals surface area contributed by atoms with Crippen molar-refractivity contribution in [3.63, 3.8) is 0 Å².